The lowest BCUT2D eigenvalue weighted by atomic mass is 10.0. The van der Waals surface area contributed by atoms with Crippen molar-refractivity contribution in [2.24, 2.45) is 0 Å². The first kappa shape index (κ1) is 25.9. The topological polar surface area (TPSA) is 117 Å². The molecular formula is C29H32N4O4. The molecule has 0 unspecified atom stereocenters. The molecule has 2 heterocycles. The highest BCUT2D eigenvalue weighted by molar-refractivity contribution is 5.97. The first-order valence-electron chi connectivity index (χ1n) is 12.7. The molecule has 0 saturated carbocycles. The van der Waals surface area contributed by atoms with Gasteiger partial charge in [-0.1, -0.05) is 66.5 Å². The molecule has 3 N–H and O–H groups in total. The molecule has 4 rings (SSSR count). The summed E-state index contributed by atoms with van der Waals surface area (Å²) in [5.41, 5.74) is 4.58. The van der Waals surface area contributed by atoms with Crippen molar-refractivity contribution in [1.29, 1.82) is 0 Å². The number of ketones is 1. The van der Waals surface area contributed by atoms with E-state index >= 15 is 0 Å². The van der Waals surface area contributed by atoms with Crippen LogP contribution in [0.2, 0.25) is 0 Å². The molecule has 0 fully saturated rings. The number of carbonyl (C=O) groups is 3. The van der Waals surface area contributed by atoms with Crippen molar-refractivity contribution in [2.75, 3.05) is 6.54 Å². The summed E-state index contributed by atoms with van der Waals surface area (Å²) in [5.74, 6) is -0.493. The van der Waals surface area contributed by atoms with E-state index in [1.54, 1.807) is 6.92 Å². The number of Topliss-reactive ketones (excluding diaryl/α,β-unsaturated/α-hetero) is 1. The largest absolute Gasteiger partial charge is 0.364 e. The molecule has 1 atom stereocenters. The summed E-state index contributed by atoms with van der Waals surface area (Å²) in [6, 6.07) is 17.6. The van der Waals surface area contributed by atoms with Crippen molar-refractivity contribution < 1.29 is 18.9 Å². The minimum Gasteiger partial charge on any atom is -0.364 e. The van der Waals surface area contributed by atoms with E-state index in [-0.39, 0.29) is 17.3 Å². The zero-order chi connectivity index (χ0) is 26.0. The van der Waals surface area contributed by atoms with Gasteiger partial charge in [0.25, 0.3) is 5.91 Å². The zero-order valence-corrected chi connectivity index (χ0v) is 21.0. The smallest absolute Gasteiger partial charge is 0.256 e. The Hall–Kier alpha value is -4.20. The number of fused-ring (bicyclic) bond motifs is 1. The summed E-state index contributed by atoms with van der Waals surface area (Å²) < 4.78 is 4.76. The van der Waals surface area contributed by atoms with Gasteiger partial charge in [0.2, 0.25) is 5.91 Å². The average Bonchev–Trinajstić information content (AvgIpc) is 3.57. The third kappa shape index (κ3) is 6.94. The standard InChI is InChI=1S/C29H32N4O4/c1-20(34)10-4-2-7-15-26(33-28(35)22-18-31-37-19-22)29(36)30-17-16-24-23-13-8-9-14-25(23)32-27(24)21-11-5-3-6-12-21/h3,5-6,8-9,11-14,18-19,26,32H,2,4,7,10,15-17H2,1H3,(H,30,36)(H,33,35)/t26-/m0/s1. The Kier molecular flexibility index (Phi) is 8.86. The average molecular weight is 501 g/mol. The number of benzene rings is 2. The summed E-state index contributed by atoms with van der Waals surface area (Å²) >= 11 is 0. The predicted molar refractivity (Wildman–Crippen MR) is 142 cm³/mol. The van der Waals surface area contributed by atoms with E-state index in [1.165, 1.54) is 12.5 Å². The number of hydrogen-bond acceptors (Lipinski definition) is 5. The van der Waals surface area contributed by atoms with Crippen LogP contribution in [-0.4, -0.2) is 40.3 Å². The molecule has 0 radical (unpaired) electrons. The normalized spacial score (nSPS) is 11.8. The predicted octanol–water partition coefficient (Wildman–Crippen LogP) is 4.82. The summed E-state index contributed by atoms with van der Waals surface area (Å²) in [6.45, 7) is 2.00. The molecular weight excluding hydrogens is 468 g/mol. The number of H-pyrrole nitrogens is 1. The van der Waals surface area contributed by atoms with Crippen LogP contribution < -0.4 is 10.6 Å². The minimum atomic E-state index is -0.698. The Labute approximate surface area is 215 Å². The van der Waals surface area contributed by atoms with E-state index in [1.807, 2.05) is 36.4 Å². The Balaban J connectivity index is 1.42. The van der Waals surface area contributed by atoms with Crippen LogP contribution in [0.25, 0.3) is 22.2 Å². The maximum absolute atomic E-state index is 13.1. The van der Waals surface area contributed by atoms with E-state index in [0.717, 1.165) is 47.0 Å². The molecule has 37 heavy (non-hydrogen) atoms. The maximum atomic E-state index is 13.1. The molecule has 2 amide bonds. The second-order valence-electron chi connectivity index (χ2n) is 9.17. The Bertz CT molecular complexity index is 1330. The van der Waals surface area contributed by atoms with Gasteiger partial charge < -0.3 is 24.9 Å². The zero-order valence-electron chi connectivity index (χ0n) is 21.0. The first-order chi connectivity index (χ1) is 18.0. The number of amides is 2. The molecule has 8 nitrogen and oxygen atoms in total. The highest BCUT2D eigenvalue weighted by Gasteiger charge is 2.22. The highest BCUT2D eigenvalue weighted by atomic mass is 16.5. The molecule has 0 aliphatic heterocycles. The second kappa shape index (κ2) is 12.7. The number of nitrogens with zero attached hydrogens (tertiary/aromatic N) is 1. The van der Waals surface area contributed by atoms with Crippen LogP contribution in [0.4, 0.5) is 0 Å². The van der Waals surface area contributed by atoms with Crippen LogP contribution in [-0.2, 0) is 16.0 Å². The van der Waals surface area contributed by atoms with Gasteiger partial charge in [0.1, 0.15) is 18.1 Å². The molecule has 0 saturated heterocycles. The van der Waals surface area contributed by atoms with Gasteiger partial charge in [0.05, 0.1) is 11.8 Å². The lowest BCUT2D eigenvalue weighted by Crippen LogP contribution is -2.47. The maximum Gasteiger partial charge on any atom is 0.256 e. The van der Waals surface area contributed by atoms with Gasteiger partial charge in [-0.25, -0.2) is 0 Å². The highest BCUT2D eigenvalue weighted by Crippen LogP contribution is 2.30. The number of rotatable bonds is 13. The number of aromatic nitrogens is 2. The van der Waals surface area contributed by atoms with Gasteiger partial charge in [0, 0.05) is 29.6 Å². The lowest BCUT2D eigenvalue weighted by molar-refractivity contribution is -0.123. The molecule has 192 valence electrons. The van der Waals surface area contributed by atoms with E-state index in [4.69, 9.17) is 4.52 Å². The number of aromatic amines is 1. The van der Waals surface area contributed by atoms with Gasteiger partial charge >= 0.3 is 0 Å². The SMILES string of the molecule is CC(=O)CCCCC[C@H](NC(=O)c1cnoc1)C(=O)NCCc1c(-c2ccccc2)[nH]c2ccccc12. The fraction of sp³-hybridized carbons (Fsp3) is 0.310. The van der Waals surface area contributed by atoms with Crippen molar-refractivity contribution in [2.45, 2.75) is 51.5 Å². The van der Waals surface area contributed by atoms with E-state index < -0.39 is 11.9 Å². The molecule has 0 aliphatic rings. The van der Waals surface area contributed by atoms with Gasteiger partial charge in [0.15, 0.2) is 0 Å². The van der Waals surface area contributed by atoms with Gasteiger partial charge in [-0.2, -0.15) is 0 Å². The quantitative estimate of drug-likeness (QED) is 0.228. The number of para-hydroxylation sites is 1. The van der Waals surface area contributed by atoms with E-state index in [9.17, 15) is 14.4 Å². The Morgan fingerprint density at radius 2 is 1.78 bits per heavy atom. The number of unbranched alkanes of at least 4 members (excludes halogenated alkanes) is 2. The van der Waals surface area contributed by atoms with Crippen molar-refractivity contribution in [3.05, 3.63) is 78.2 Å². The number of carbonyl (C=O) groups excluding carboxylic acids is 3. The van der Waals surface area contributed by atoms with Crippen LogP contribution in [0, 0.1) is 0 Å². The molecule has 2 aromatic heterocycles. The number of hydrogen-bond donors (Lipinski definition) is 3. The van der Waals surface area contributed by atoms with Crippen molar-refractivity contribution in [1.82, 2.24) is 20.8 Å². The van der Waals surface area contributed by atoms with Gasteiger partial charge in [-0.05, 0) is 43.4 Å². The second-order valence-corrected chi connectivity index (χ2v) is 9.17. The number of nitrogens with one attached hydrogen (secondary N) is 3. The Morgan fingerprint density at radius 3 is 2.54 bits per heavy atom. The molecule has 4 aromatic rings. The molecule has 0 aliphatic carbocycles. The monoisotopic (exact) mass is 500 g/mol. The summed E-state index contributed by atoms with van der Waals surface area (Å²) in [5, 5.41) is 10.5. The molecule has 8 heteroatoms. The van der Waals surface area contributed by atoms with E-state index in [2.05, 4.69) is 39.0 Å². The van der Waals surface area contributed by atoms with Crippen LogP contribution in [0.3, 0.4) is 0 Å². The van der Waals surface area contributed by atoms with Gasteiger partial charge in [-0.15, -0.1) is 0 Å². The fourth-order valence-electron chi connectivity index (χ4n) is 4.47. The minimum absolute atomic E-state index is 0.155. The third-order valence-electron chi connectivity index (χ3n) is 6.39. The van der Waals surface area contributed by atoms with Crippen LogP contribution >= 0.6 is 0 Å². The fourth-order valence-corrected chi connectivity index (χ4v) is 4.47. The van der Waals surface area contributed by atoms with Gasteiger partial charge in [-0.3, -0.25) is 9.59 Å². The summed E-state index contributed by atoms with van der Waals surface area (Å²) in [7, 11) is 0. The third-order valence-corrected chi connectivity index (χ3v) is 6.39. The Morgan fingerprint density at radius 1 is 1.00 bits per heavy atom. The summed E-state index contributed by atoms with van der Waals surface area (Å²) in [4.78, 5) is 40.4. The lowest BCUT2D eigenvalue weighted by Gasteiger charge is -2.18. The first-order valence-corrected chi connectivity index (χ1v) is 12.7. The van der Waals surface area contributed by atoms with Crippen LogP contribution in [0.1, 0.15) is 54.9 Å². The van der Waals surface area contributed by atoms with Crippen LogP contribution in [0.5, 0.6) is 0 Å². The molecule has 2 aromatic carbocycles. The van der Waals surface area contributed by atoms with Crippen molar-refractivity contribution in [3.8, 4) is 11.3 Å². The van der Waals surface area contributed by atoms with Crippen LogP contribution in [0.15, 0.2) is 71.6 Å². The van der Waals surface area contributed by atoms with E-state index in [0.29, 0.717) is 25.8 Å². The van der Waals surface area contributed by atoms with Crippen molar-refractivity contribution >= 4 is 28.5 Å². The summed E-state index contributed by atoms with van der Waals surface area (Å²) in [6.07, 6.45) is 6.50. The molecule has 0 bridgehead atoms. The molecule has 0 spiro atoms. The van der Waals surface area contributed by atoms with Crippen molar-refractivity contribution in [3.63, 3.8) is 0 Å².